The first-order valence-corrected chi connectivity index (χ1v) is 8.96. The van der Waals surface area contributed by atoms with Crippen LogP contribution in [0.25, 0.3) is 0 Å². The number of halogens is 2. The third kappa shape index (κ3) is 4.28. The fraction of sp³-hybridized carbons (Fsp3) is 0.421. The number of amides is 2. The van der Waals surface area contributed by atoms with Crippen molar-refractivity contribution in [1.29, 1.82) is 0 Å². The van der Waals surface area contributed by atoms with E-state index in [-0.39, 0.29) is 11.8 Å². The van der Waals surface area contributed by atoms with Crippen molar-refractivity contribution in [3.05, 3.63) is 53.8 Å². The van der Waals surface area contributed by atoms with Crippen molar-refractivity contribution < 1.29 is 23.0 Å². The zero-order valence-corrected chi connectivity index (χ0v) is 14.7. The summed E-state index contributed by atoms with van der Waals surface area (Å²) in [6, 6.07) is 9.24. The first-order valence-electron chi connectivity index (χ1n) is 8.96. The van der Waals surface area contributed by atoms with Crippen LogP contribution in [-0.4, -0.2) is 61.0 Å². The average molecular weight is 377 g/mol. The summed E-state index contributed by atoms with van der Waals surface area (Å²) in [7, 11) is 0. The maximum atomic E-state index is 13.1. The molecule has 27 heavy (non-hydrogen) atoms. The van der Waals surface area contributed by atoms with Crippen molar-refractivity contribution in [2.45, 2.75) is 18.8 Å². The normalized spacial score (nSPS) is 24.5. The molecule has 0 spiro atoms. The highest BCUT2D eigenvalue weighted by Gasteiger charge is 2.48. The third-order valence-electron chi connectivity index (χ3n) is 4.88. The average Bonchev–Trinajstić information content (AvgIpc) is 2.96. The van der Waals surface area contributed by atoms with E-state index >= 15 is 0 Å². The molecule has 2 aliphatic heterocycles. The molecule has 4 rings (SSSR count). The van der Waals surface area contributed by atoms with Crippen molar-refractivity contribution in [2.24, 2.45) is 0 Å². The quantitative estimate of drug-likeness (QED) is 0.880. The molecule has 0 radical (unpaired) electrons. The Morgan fingerprint density at radius 3 is 2.63 bits per heavy atom. The number of benzene rings is 1. The molecule has 3 aliphatic rings. The second-order valence-electron chi connectivity index (χ2n) is 6.83. The number of hydrogen-bond donors (Lipinski definition) is 1. The topological polar surface area (TPSA) is 54.0 Å². The Hall–Kier alpha value is -2.45. The number of alkyl halides is 2. The molecule has 1 unspecified atom stereocenters. The van der Waals surface area contributed by atoms with E-state index in [0.29, 0.717) is 26.1 Å². The van der Waals surface area contributed by atoms with Crippen LogP contribution >= 0.6 is 0 Å². The molecule has 2 amide bonds. The van der Waals surface area contributed by atoms with E-state index in [1.165, 1.54) is 0 Å². The van der Waals surface area contributed by atoms with E-state index in [0.717, 1.165) is 24.4 Å². The predicted molar refractivity (Wildman–Crippen MR) is 95.2 cm³/mol. The molecule has 2 saturated heterocycles. The Labute approximate surface area is 156 Å². The van der Waals surface area contributed by atoms with Crippen LogP contribution in [0.5, 0.6) is 0 Å². The van der Waals surface area contributed by atoms with Crippen LogP contribution in [0.3, 0.4) is 0 Å². The molecule has 0 saturated carbocycles. The van der Waals surface area contributed by atoms with E-state index in [2.05, 4.69) is 19.7 Å². The number of rotatable bonds is 3. The van der Waals surface area contributed by atoms with Crippen molar-refractivity contribution >= 4 is 11.7 Å². The minimum absolute atomic E-state index is 0.107. The van der Waals surface area contributed by atoms with Crippen LogP contribution in [0.15, 0.2) is 53.8 Å². The van der Waals surface area contributed by atoms with E-state index in [9.17, 15) is 13.6 Å². The summed E-state index contributed by atoms with van der Waals surface area (Å²) in [5.74, 6) is 0.186. The Morgan fingerprint density at radius 2 is 1.89 bits per heavy atom. The number of anilines is 1. The number of carbonyl (C=O) groups excluding carboxylic acids is 1. The number of nitrogens with zero attached hydrogens (tertiary/aromatic N) is 2. The summed E-state index contributed by atoms with van der Waals surface area (Å²) in [6.45, 7) is 3.37. The fourth-order valence-electron chi connectivity index (χ4n) is 3.48. The molecule has 0 aromatic heterocycles. The largest absolute Gasteiger partial charge is 0.535 e. The highest BCUT2D eigenvalue weighted by molar-refractivity contribution is 5.89. The molecule has 2 fully saturated rings. The second kappa shape index (κ2) is 7.28. The highest BCUT2D eigenvalue weighted by atomic mass is 19.3. The third-order valence-corrected chi connectivity index (χ3v) is 4.88. The van der Waals surface area contributed by atoms with Crippen LogP contribution in [0.4, 0.5) is 19.3 Å². The molecule has 8 heteroatoms. The van der Waals surface area contributed by atoms with E-state index < -0.39 is 12.4 Å². The monoisotopic (exact) mass is 377 g/mol. The lowest BCUT2D eigenvalue weighted by Crippen LogP contribution is -2.50. The smallest absolute Gasteiger partial charge is 0.411 e. The zero-order valence-electron chi connectivity index (χ0n) is 14.7. The SMILES string of the molecule is O=C(Nc1ccccc1)N1CCN(CC2=CC=C3OC(F)(F)OC3C2)CC1. The molecule has 1 N–H and O–H groups in total. The van der Waals surface area contributed by atoms with Crippen LogP contribution in [0.1, 0.15) is 6.42 Å². The van der Waals surface area contributed by atoms with Gasteiger partial charge in [0.25, 0.3) is 0 Å². The van der Waals surface area contributed by atoms with Crippen molar-refractivity contribution in [2.75, 3.05) is 38.0 Å². The lowest BCUT2D eigenvalue weighted by molar-refractivity contribution is -0.341. The molecular formula is C19H21F2N3O3. The summed E-state index contributed by atoms with van der Waals surface area (Å²) in [6.07, 6.45) is -0.454. The van der Waals surface area contributed by atoms with Gasteiger partial charge in [0.2, 0.25) is 0 Å². The number of fused-ring (bicyclic) bond motifs is 1. The first-order chi connectivity index (χ1) is 13.0. The number of carbonyl (C=O) groups is 1. The number of hydrogen-bond acceptors (Lipinski definition) is 4. The number of allylic oxidation sites excluding steroid dienone is 2. The second-order valence-corrected chi connectivity index (χ2v) is 6.83. The lowest BCUT2D eigenvalue weighted by atomic mass is 10.0. The Kier molecular flexibility index (Phi) is 4.84. The maximum Gasteiger partial charge on any atom is 0.535 e. The van der Waals surface area contributed by atoms with Crippen LogP contribution < -0.4 is 5.32 Å². The van der Waals surface area contributed by atoms with Gasteiger partial charge in [0, 0.05) is 44.8 Å². The minimum Gasteiger partial charge on any atom is -0.411 e. The van der Waals surface area contributed by atoms with Gasteiger partial charge in [-0.1, -0.05) is 29.8 Å². The van der Waals surface area contributed by atoms with Gasteiger partial charge in [-0.25, -0.2) is 4.79 Å². The predicted octanol–water partition coefficient (Wildman–Crippen LogP) is 3.02. The maximum absolute atomic E-state index is 13.1. The minimum atomic E-state index is -3.53. The van der Waals surface area contributed by atoms with Gasteiger partial charge in [0.15, 0.2) is 0 Å². The Morgan fingerprint density at radius 1 is 1.15 bits per heavy atom. The Balaban J connectivity index is 1.25. The van der Waals surface area contributed by atoms with E-state index in [1.807, 2.05) is 36.4 Å². The van der Waals surface area contributed by atoms with Gasteiger partial charge in [-0.15, -0.1) is 8.78 Å². The van der Waals surface area contributed by atoms with Crippen LogP contribution in [-0.2, 0) is 9.47 Å². The first kappa shape index (κ1) is 17.9. The standard InChI is InChI=1S/C19H21F2N3O3/c20-19(21)26-16-7-6-14(12-17(16)27-19)13-23-8-10-24(11-9-23)18(25)22-15-4-2-1-3-5-15/h1-7,17H,8-13H2,(H,22,25). The molecule has 144 valence electrons. The molecule has 1 aromatic carbocycles. The molecule has 1 atom stereocenters. The number of para-hydroxylation sites is 1. The summed E-state index contributed by atoms with van der Waals surface area (Å²) < 4.78 is 35.4. The zero-order chi connectivity index (χ0) is 18.9. The lowest BCUT2D eigenvalue weighted by Gasteiger charge is -2.35. The number of nitrogens with one attached hydrogen (secondary N) is 1. The fourth-order valence-corrected chi connectivity index (χ4v) is 3.48. The molecule has 2 heterocycles. The van der Waals surface area contributed by atoms with Gasteiger partial charge >= 0.3 is 12.3 Å². The van der Waals surface area contributed by atoms with Gasteiger partial charge in [-0.05, 0) is 18.2 Å². The summed E-state index contributed by atoms with van der Waals surface area (Å²) in [4.78, 5) is 16.3. The summed E-state index contributed by atoms with van der Waals surface area (Å²) in [5, 5.41) is 2.89. The van der Waals surface area contributed by atoms with Crippen molar-refractivity contribution in [3.8, 4) is 0 Å². The molecule has 1 aliphatic carbocycles. The molecule has 0 bridgehead atoms. The van der Waals surface area contributed by atoms with Crippen molar-refractivity contribution in [3.63, 3.8) is 0 Å². The molecular weight excluding hydrogens is 356 g/mol. The van der Waals surface area contributed by atoms with Crippen molar-refractivity contribution in [1.82, 2.24) is 9.80 Å². The van der Waals surface area contributed by atoms with E-state index in [4.69, 9.17) is 0 Å². The summed E-state index contributed by atoms with van der Waals surface area (Å²) >= 11 is 0. The molecule has 1 aromatic rings. The van der Waals surface area contributed by atoms with Gasteiger partial charge in [-0.2, -0.15) is 0 Å². The Bertz CT molecular complexity index is 759. The van der Waals surface area contributed by atoms with Crippen LogP contribution in [0, 0.1) is 0 Å². The number of piperazine rings is 1. The number of ether oxygens (including phenoxy) is 2. The molecule has 6 nitrogen and oxygen atoms in total. The van der Waals surface area contributed by atoms with E-state index in [1.54, 1.807) is 11.0 Å². The van der Waals surface area contributed by atoms with Gasteiger partial charge < -0.3 is 15.0 Å². The summed E-state index contributed by atoms with van der Waals surface area (Å²) in [5.41, 5.74) is 1.79. The van der Waals surface area contributed by atoms with Gasteiger partial charge in [0.1, 0.15) is 11.9 Å². The highest BCUT2D eigenvalue weighted by Crippen LogP contribution is 2.38. The number of urea groups is 1. The van der Waals surface area contributed by atoms with Gasteiger partial charge in [0.05, 0.1) is 0 Å². The van der Waals surface area contributed by atoms with Gasteiger partial charge in [-0.3, -0.25) is 9.64 Å². The van der Waals surface area contributed by atoms with Crippen LogP contribution in [0.2, 0.25) is 0 Å².